The lowest BCUT2D eigenvalue weighted by molar-refractivity contribution is 0.125. The van der Waals surface area contributed by atoms with Crippen molar-refractivity contribution < 1.29 is 0 Å². The van der Waals surface area contributed by atoms with Gasteiger partial charge in [0.25, 0.3) is 0 Å². The van der Waals surface area contributed by atoms with Gasteiger partial charge in [0.05, 0.1) is 5.54 Å². The van der Waals surface area contributed by atoms with Crippen molar-refractivity contribution in [2.75, 3.05) is 11.9 Å². The summed E-state index contributed by atoms with van der Waals surface area (Å²) < 4.78 is 0. The number of nitrogens with two attached hydrogens (primary N) is 1. The van der Waals surface area contributed by atoms with Crippen LogP contribution in [0.4, 0.5) is 5.69 Å². The second-order valence-electron chi connectivity index (χ2n) is 5.87. The molecule has 1 fully saturated rings. The Hall–Kier alpha value is -1.02. The van der Waals surface area contributed by atoms with Gasteiger partial charge in [0, 0.05) is 12.2 Å². The molecular formula is C15H24N2. The summed E-state index contributed by atoms with van der Waals surface area (Å²) >= 11 is 0. The molecule has 0 saturated heterocycles. The van der Waals surface area contributed by atoms with Crippen LogP contribution >= 0.6 is 0 Å². The summed E-state index contributed by atoms with van der Waals surface area (Å²) in [7, 11) is 0. The molecule has 2 nitrogen and oxygen atoms in total. The Bertz CT molecular complexity index is 358. The second kappa shape index (κ2) is 4.69. The highest BCUT2D eigenvalue weighted by atomic mass is 15.0. The molecular weight excluding hydrogens is 208 g/mol. The van der Waals surface area contributed by atoms with Gasteiger partial charge in [-0.15, -0.1) is 0 Å². The fraction of sp³-hybridized carbons (Fsp3) is 0.600. The van der Waals surface area contributed by atoms with E-state index in [2.05, 4.69) is 43.4 Å². The molecule has 2 rings (SSSR count). The highest BCUT2D eigenvalue weighted by Gasteiger charge is 2.45. The van der Waals surface area contributed by atoms with Crippen LogP contribution in [0.1, 0.15) is 39.5 Å². The zero-order valence-corrected chi connectivity index (χ0v) is 11.0. The summed E-state index contributed by atoms with van der Waals surface area (Å²) in [5.41, 5.74) is 7.60. The van der Waals surface area contributed by atoms with Crippen LogP contribution in [0.2, 0.25) is 0 Å². The summed E-state index contributed by atoms with van der Waals surface area (Å²) in [5.74, 6) is 0. The molecule has 1 aliphatic rings. The van der Waals surface area contributed by atoms with Crippen LogP contribution in [-0.2, 0) is 0 Å². The van der Waals surface area contributed by atoms with Crippen molar-refractivity contribution in [3.63, 3.8) is 0 Å². The lowest BCUT2D eigenvalue weighted by atomic mass is 9.63. The Morgan fingerprint density at radius 1 is 1.12 bits per heavy atom. The van der Waals surface area contributed by atoms with E-state index in [-0.39, 0.29) is 11.0 Å². The average Bonchev–Trinajstić information content (AvgIpc) is 2.33. The SMILES string of the molecule is CC1(C)CCCCC1(CN)Nc1ccccc1. The Morgan fingerprint density at radius 2 is 1.76 bits per heavy atom. The molecule has 0 heterocycles. The third kappa shape index (κ3) is 2.32. The lowest BCUT2D eigenvalue weighted by Crippen LogP contribution is -2.58. The Labute approximate surface area is 105 Å². The van der Waals surface area contributed by atoms with Gasteiger partial charge in [0.1, 0.15) is 0 Å². The highest BCUT2D eigenvalue weighted by molar-refractivity contribution is 5.46. The van der Waals surface area contributed by atoms with Gasteiger partial charge in [0.2, 0.25) is 0 Å². The molecule has 1 unspecified atom stereocenters. The number of hydrogen-bond acceptors (Lipinski definition) is 2. The molecule has 1 atom stereocenters. The van der Waals surface area contributed by atoms with E-state index in [1.54, 1.807) is 0 Å². The summed E-state index contributed by atoms with van der Waals surface area (Å²) in [5, 5.41) is 3.71. The van der Waals surface area contributed by atoms with Gasteiger partial charge in [-0.3, -0.25) is 0 Å². The third-order valence-electron chi connectivity index (χ3n) is 4.46. The predicted octanol–water partition coefficient (Wildman–Crippen LogP) is 3.40. The van der Waals surface area contributed by atoms with Crippen LogP contribution in [0.5, 0.6) is 0 Å². The van der Waals surface area contributed by atoms with E-state index in [9.17, 15) is 0 Å². The fourth-order valence-corrected chi connectivity index (χ4v) is 3.03. The van der Waals surface area contributed by atoms with Crippen molar-refractivity contribution in [1.82, 2.24) is 0 Å². The van der Waals surface area contributed by atoms with E-state index in [0.29, 0.717) is 6.54 Å². The zero-order valence-electron chi connectivity index (χ0n) is 11.0. The van der Waals surface area contributed by atoms with Crippen LogP contribution in [0.25, 0.3) is 0 Å². The van der Waals surface area contributed by atoms with Gasteiger partial charge in [-0.05, 0) is 30.4 Å². The van der Waals surface area contributed by atoms with E-state index in [0.717, 1.165) is 0 Å². The minimum atomic E-state index is 0.0482. The molecule has 1 aromatic carbocycles. The third-order valence-corrected chi connectivity index (χ3v) is 4.46. The molecule has 1 aliphatic carbocycles. The van der Waals surface area contributed by atoms with Crippen molar-refractivity contribution in [3.8, 4) is 0 Å². The van der Waals surface area contributed by atoms with Crippen molar-refractivity contribution >= 4 is 5.69 Å². The maximum atomic E-state index is 6.10. The molecule has 0 amide bonds. The normalized spacial score (nSPS) is 27.7. The molecule has 0 aliphatic heterocycles. The first kappa shape index (κ1) is 12.4. The first-order valence-electron chi connectivity index (χ1n) is 6.63. The van der Waals surface area contributed by atoms with Gasteiger partial charge in [-0.2, -0.15) is 0 Å². The van der Waals surface area contributed by atoms with Crippen molar-refractivity contribution in [2.24, 2.45) is 11.1 Å². The quantitative estimate of drug-likeness (QED) is 0.838. The topological polar surface area (TPSA) is 38.0 Å². The van der Waals surface area contributed by atoms with Gasteiger partial charge in [-0.1, -0.05) is 44.9 Å². The van der Waals surface area contributed by atoms with Gasteiger partial charge in [-0.25, -0.2) is 0 Å². The standard InChI is InChI=1S/C15H24N2/c1-14(2)10-6-7-11-15(14,12-16)17-13-8-4-3-5-9-13/h3-5,8-9,17H,6-7,10-12,16H2,1-2H3. The molecule has 1 aromatic rings. The molecule has 0 spiro atoms. The molecule has 3 N–H and O–H groups in total. The lowest BCUT2D eigenvalue weighted by Gasteiger charge is -2.51. The number of rotatable bonds is 3. The maximum absolute atomic E-state index is 6.10. The summed E-state index contributed by atoms with van der Waals surface area (Å²) in [4.78, 5) is 0. The van der Waals surface area contributed by atoms with Crippen molar-refractivity contribution in [2.45, 2.75) is 45.1 Å². The highest BCUT2D eigenvalue weighted by Crippen LogP contribution is 2.45. The van der Waals surface area contributed by atoms with Gasteiger partial charge >= 0.3 is 0 Å². The first-order chi connectivity index (χ1) is 8.10. The van der Waals surface area contributed by atoms with Crippen LogP contribution in [0, 0.1) is 5.41 Å². The Balaban J connectivity index is 2.24. The van der Waals surface area contributed by atoms with E-state index in [1.807, 2.05) is 6.07 Å². The van der Waals surface area contributed by atoms with Gasteiger partial charge < -0.3 is 11.1 Å². The number of anilines is 1. The van der Waals surface area contributed by atoms with Crippen molar-refractivity contribution in [3.05, 3.63) is 30.3 Å². The Kier molecular flexibility index (Phi) is 3.43. The number of para-hydroxylation sites is 1. The largest absolute Gasteiger partial charge is 0.378 e. The molecule has 17 heavy (non-hydrogen) atoms. The Morgan fingerprint density at radius 3 is 2.35 bits per heavy atom. The maximum Gasteiger partial charge on any atom is 0.0546 e. The molecule has 2 heteroatoms. The van der Waals surface area contributed by atoms with Crippen LogP contribution in [0.3, 0.4) is 0 Å². The summed E-state index contributed by atoms with van der Waals surface area (Å²) in [6, 6.07) is 10.4. The van der Waals surface area contributed by atoms with Crippen LogP contribution in [0.15, 0.2) is 30.3 Å². The van der Waals surface area contributed by atoms with E-state index in [1.165, 1.54) is 31.4 Å². The van der Waals surface area contributed by atoms with Crippen LogP contribution in [-0.4, -0.2) is 12.1 Å². The first-order valence-corrected chi connectivity index (χ1v) is 6.63. The van der Waals surface area contributed by atoms with Crippen molar-refractivity contribution in [1.29, 1.82) is 0 Å². The van der Waals surface area contributed by atoms with Crippen LogP contribution < -0.4 is 11.1 Å². The molecule has 0 aromatic heterocycles. The van der Waals surface area contributed by atoms with E-state index in [4.69, 9.17) is 5.73 Å². The number of hydrogen-bond donors (Lipinski definition) is 2. The second-order valence-corrected chi connectivity index (χ2v) is 5.87. The zero-order chi connectivity index (χ0) is 12.4. The summed E-state index contributed by atoms with van der Waals surface area (Å²) in [6.07, 6.45) is 5.03. The summed E-state index contributed by atoms with van der Waals surface area (Å²) in [6.45, 7) is 5.39. The fourth-order valence-electron chi connectivity index (χ4n) is 3.03. The molecule has 94 valence electrons. The van der Waals surface area contributed by atoms with Gasteiger partial charge in [0.15, 0.2) is 0 Å². The average molecular weight is 232 g/mol. The predicted molar refractivity (Wildman–Crippen MR) is 74.1 cm³/mol. The number of nitrogens with one attached hydrogen (secondary N) is 1. The van der Waals surface area contributed by atoms with E-state index >= 15 is 0 Å². The molecule has 0 bridgehead atoms. The minimum absolute atomic E-state index is 0.0482. The smallest absolute Gasteiger partial charge is 0.0546 e. The molecule has 0 radical (unpaired) electrons. The van der Waals surface area contributed by atoms with E-state index < -0.39 is 0 Å². The number of benzene rings is 1. The monoisotopic (exact) mass is 232 g/mol. The minimum Gasteiger partial charge on any atom is -0.378 e. The molecule has 1 saturated carbocycles.